The van der Waals surface area contributed by atoms with E-state index < -0.39 is 0 Å². The van der Waals surface area contributed by atoms with Crippen LogP contribution in [0.15, 0.2) is 24.5 Å². The van der Waals surface area contributed by atoms with Crippen molar-refractivity contribution in [2.75, 3.05) is 26.4 Å². The monoisotopic (exact) mass is 392 g/mol. The second kappa shape index (κ2) is 11.3. The highest BCUT2D eigenvalue weighted by atomic mass is 16.5. The summed E-state index contributed by atoms with van der Waals surface area (Å²) in [7, 11) is 0. The van der Waals surface area contributed by atoms with E-state index in [2.05, 4.69) is 10.2 Å². The zero-order chi connectivity index (χ0) is 19.6. The fraction of sp³-hybridized carbons (Fsp3) is 0.700. The molecular formula is C20H32N4O4. The van der Waals surface area contributed by atoms with Gasteiger partial charge in [-0.15, -0.1) is 0 Å². The third-order valence-corrected chi connectivity index (χ3v) is 5.03. The van der Waals surface area contributed by atoms with Crippen LogP contribution < -0.4 is 0 Å². The molecule has 4 rings (SSSR count). The summed E-state index contributed by atoms with van der Waals surface area (Å²) in [5, 5.41) is 26.2. The van der Waals surface area contributed by atoms with Crippen LogP contribution in [0.3, 0.4) is 0 Å². The minimum atomic E-state index is 0.0836. The summed E-state index contributed by atoms with van der Waals surface area (Å²) in [5.41, 5.74) is 1.99. The van der Waals surface area contributed by atoms with Crippen LogP contribution in [0.4, 0.5) is 0 Å². The standard InChI is InChI=1S/2C10H16N2O2/c13-7-5-9-4-6-12(11-9)10-3-1-2-8-14-10;13-7-5-9-4-6-11-12(9)10-3-1-2-8-14-10/h2*4,6,10,13H,1-3,5,7-8H2. The number of hydrogen-bond donors (Lipinski definition) is 2. The highest BCUT2D eigenvalue weighted by Gasteiger charge is 2.18. The number of hydrogen-bond acceptors (Lipinski definition) is 6. The van der Waals surface area contributed by atoms with Crippen molar-refractivity contribution in [3.05, 3.63) is 35.9 Å². The van der Waals surface area contributed by atoms with Crippen LogP contribution in [0.25, 0.3) is 0 Å². The van der Waals surface area contributed by atoms with Gasteiger partial charge in [-0.1, -0.05) is 0 Å². The molecule has 0 bridgehead atoms. The summed E-state index contributed by atoms with van der Waals surface area (Å²) in [6, 6.07) is 3.88. The lowest BCUT2D eigenvalue weighted by atomic mass is 10.2. The van der Waals surface area contributed by atoms with Crippen molar-refractivity contribution in [3.63, 3.8) is 0 Å². The predicted octanol–water partition coefficient (Wildman–Crippen LogP) is 2.23. The van der Waals surface area contributed by atoms with Crippen molar-refractivity contribution in [1.82, 2.24) is 19.6 Å². The smallest absolute Gasteiger partial charge is 0.150 e. The van der Waals surface area contributed by atoms with Gasteiger partial charge in [0.05, 0.1) is 5.69 Å². The quantitative estimate of drug-likeness (QED) is 0.783. The fourth-order valence-corrected chi connectivity index (χ4v) is 3.55. The summed E-state index contributed by atoms with van der Waals surface area (Å²) in [6.45, 7) is 1.98. The van der Waals surface area contributed by atoms with Crippen molar-refractivity contribution in [2.24, 2.45) is 0 Å². The topological polar surface area (TPSA) is 94.6 Å². The van der Waals surface area contributed by atoms with Crippen molar-refractivity contribution in [2.45, 2.75) is 63.8 Å². The Hall–Kier alpha value is -1.74. The number of aliphatic hydroxyl groups is 2. The molecule has 2 N–H and O–H groups in total. The van der Waals surface area contributed by atoms with E-state index in [9.17, 15) is 0 Å². The van der Waals surface area contributed by atoms with Crippen LogP contribution >= 0.6 is 0 Å². The molecule has 2 unspecified atom stereocenters. The average Bonchev–Trinajstić information content (AvgIpc) is 3.40. The minimum absolute atomic E-state index is 0.0836. The third kappa shape index (κ3) is 5.88. The first-order chi connectivity index (χ1) is 13.8. The van der Waals surface area contributed by atoms with Crippen LogP contribution in [-0.2, 0) is 22.3 Å². The van der Waals surface area contributed by atoms with E-state index in [4.69, 9.17) is 19.7 Å². The molecule has 2 fully saturated rings. The largest absolute Gasteiger partial charge is 0.396 e. The van der Waals surface area contributed by atoms with Gasteiger partial charge >= 0.3 is 0 Å². The molecule has 2 atom stereocenters. The van der Waals surface area contributed by atoms with Crippen LogP contribution in [0.2, 0.25) is 0 Å². The van der Waals surface area contributed by atoms with E-state index in [-0.39, 0.29) is 25.7 Å². The van der Waals surface area contributed by atoms with E-state index in [1.165, 1.54) is 12.8 Å². The molecule has 8 heteroatoms. The Bertz CT molecular complexity index is 675. The number of nitrogens with zero attached hydrogens (tertiary/aromatic N) is 4. The molecule has 2 saturated heterocycles. The normalized spacial score (nSPS) is 22.5. The van der Waals surface area contributed by atoms with E-state index in [1.54, 1.807) is 6.20 Å². The molecule has 0 amide bonds. The Balaban J connectivity index is 0.000000161. The molecule has 0 aliphatic carbocycles. The Morgan fingerprint density at radius 2 is 1.64 bits per heavy atom. The number of aliphatic hydroxyl groups excluding tert-OH is 2. The van der Waals surface area contributed by atoms with Crippen LogP contribution in [-0.4, -0.2) is 56.2 Å². The van der Waals surface area contributed by atoms with Gasteiger partial charge in [0.1, 0.15) is 12.5 Å². The van der Waals surface area contributed by atoms with Gasteiger partial charge < -0.3 is 19.7 Å². The predicted molar refractivity (Wildman–Crippen MR) is 104 cm³/mol. The van der Waals surface area contributed by atoms with Gasteiger partial charge in [-0.2, -0.15) is 10.2 Å². The molecular weight excluding hydrogens is 360 g/mol. The van der Waals surface area contributed by atoms with E-state index >= 15 is 0 Å². The molecule has 156 valence electrons. The first-order valence-corrected chi connectivity index (χ1v) is 10.3. The Labute approximate surface area is 166 Å². The van der Waals surface area contributed by atoms with Gasteiger partial charge in [0, 0.05) is 57.4 Å². The van der Waals surface area contributed by atoms with Crippen molar-refractivity contribution < 1.29 is 19.7 Å². The van der Waals surface area contributed by atoms with Crippen LogP contribution in [0.5, 0.6) is 0 Å². The molecule has 28 heavy (non-hydrogen) atoms. The molecule has 2 aliphatic rings. The molecule has 0 spiro atoms. The maximum atomic E-state index is 8.88. The number of ether oxygens (including phenoxy) is 2. The Morgan fingerprint density at radius 3 is 2.29 bits per heavy atom. The van der Waals surface area contributed by atoms with Gasteiger partial charge in [0.2, 0.25) is 0 Å². The van der Waals surface area contributed by atoms with Gasteiger partial charge in [-0.25, -0.2) is 9.36 Å². The van der Waals surface area contributed by atoms with Gasteiger partial charge in [0.15, 0.2) is 0 Å². The van der Waals surface area contributed by atoms with E-state index in [1.807, 2.05) is 27.7 Å². The van der Waals surface area contributed by atoms with Gasteiger partial charge in [-0.05, 0) is 50.7 Å². The highest BCUT2D eigenvalue weighted by Crippen LogP contribution is 2.23. The van der Waals surface area contributed by atoms with Gasteiger partial charge in [0.25, 0.3) is 0 Å². The lowest BCUT2D eigenvalue weighted by molar-refractivity contribution is -0.0413. The number of aromatic nitrogens is 4. The molecule has 8 nitrogen and oxygen atoms in total. The second-order valence-electron chi connectivity index (χ2n) is 7.14. The second-order valence-corrected chi connectivity index (χ2v) is 7.14. The van der Waals surface area contributed by atoms with Gasteiger partial charge in [-0.3, -0.25) is 0 Å². The summed E-state index contributed by atoms with van der Waals surface area (Å²) in [4.78, 5) is 0. The summed E-state index contributed by atoms with van der Waals surface area (Å²) >= 11 is 0. The molecule has 2 aromatic rings. The first-order valence-electron chi connectivity index (χ1n) is 10.3. The van der Waals surface area contributed by atoms with Crippen molar-refractivity contribution >= 4 is 0 Å². The first kappa shape index (κ1) is 21.0. The molecule has 4 heterocycles. The van der Waals surface area contributed by atoms with Crippen molar-refractivity contribution in [1.29, 1.82) is 0 Å². The maximum Gasteiger partial charge on any atom is 0.150 e. The highest BCUT2D eigenvalue weighted by molar-refractivity contribution is 5.01. The fourth-order valence-electron chi connectivity index (χ4n) is 3.55. The SMILES string of the molecule is OCCc1ccn(C2CCCCO2)n1.OCCc1ccnn1C1CCCCO1. The average molecular weight is 393 g/mol. The van der Waals surface area contributed by atoms with E-state index in [0.717, 1.165) is 50.3 Å². The van der Waals surface area contributed by atoms with E-state index in [0.29, 0.717) is 12.8 Å². The molecule has 0 radical (unpaired) electrons. The summed E-state index contributed by atoms with van der Waals surface area (Å²) in [6.07, 6.45) is 11.9. The van der Waals surface area contributed by atoms with Crippen molar-refractivity contribution in [3.8, 4) is 0 Å². The number of rotatable bonds is 6. The zero-order valence-electron chi connectivity index (χ0n) is 16.4. The third-order valence-electron chi connectivity index (χ3n) is 5.03. The Kier molecular flexibility index (Phi) is 8.47. The maximum absolute atomic E-state index is 8.88. The molecule has 0 saturated carbocycles. The minimum Gasteiger partial charge on any atom is -0.396 e. The van der Waals surface area contributed by atoms with Crippen LogP contribution in [0, 0.1) is 0 Å². The zero-order valence-corrected chi connectivity index (χ0v) is 16.4. The molecule has 0 aromatic carbocycles. The molecule has 2 aromatic heterocycles. The Morgan fingerprint density at radius 1 is 0.929 bits per heavy atom. The lowest BCUT2D eigenvalue weighted by Gasteiger charge is -2.24. The summed E-state index contributed by atoms with van der Waals surface area (Å²) < 4.78 is 15.0. The van der Waals surface area contributed by atoms with Crippen LogP contribution in [0.1, 0.15) is 62.4 Å². The summed E-state index contributed by atoms with van der Waals surface area (Å²) in [5.74, 6) is 0. The molecule has 2 aliphatic heterocycles. The lowest BCUT2D eigenvalue weighted by Crippen LogP contribution is -2.21.